The smallest absolute Gasteiger partial charge is 0.275 e. The van der Waals surface area contributed by atoms with E-state index in [9.17, 15) is 4.79 Å². The van der Waals surface area contributed by atoms with Gasteiger partial charge in [0.25, 0.3) is 5.91 Å². The second-order valence-electron chi connectivity index (χ2n) is 5.72. The van der Waals surface area contributed by atoms with Crippen LogP contribution in [-0.4, -0.2) is 38.6 Å². The van der Waals surface area contributed by atoms with E-state index in [0.29, 0.717) is 13.1 Å². The van der Waals surface area contributed by atoms with E-state index in [4.69, 9.17) is 16.0 Å². The number of piperazine rings is 1. The summed E-state index contributed by atoms with van der Waals surface area (Å²) < 4.78 is 5.21. The van der Waals surface area contributed by atoms with Gasteiger partial charge in [-0.25, -0.2) is 0 Å². The van der Waals surface area contributed by atoms with Crippen molar-refractivity contribution in [3.05, 3.63) is 53.4 Å². The van der Waals surface area contributed by atoms with Crippen molar-refractivity contribution in [2.45, 2.75) is 6.54 Å². The number of amides is 1. The molecule has 0 unspecified atom stereocenters. The quantitative estimate of drug-likeness (QED) is 0.856. The predicted octanol–water partition coefficient (Wildman–Crippen LogP) is 0.954. The highest BCUT2D eigenvalue weighted by Gasteiger charge is 2.23. The molecule has 6 heteroatoms. The number of hydrogen-bond acceptors (Lipinski definition) is 3. The molecule has 0 atom stereocenters. The number of furan rings is 1. The molecule has 1 fully saturated rings. The fraction of sp³-hybridized carbons (Fsp3) is 0.353. The SMILES string of the molecule is O=C(C[NH+]1CCN(c2ccccc2Cl)CC1)NCc1ccco1. The third kappa shape index (κ3) is 4.27. The lowest BCUT2D eigenvalue weighted by Crippen LogP contribution is -3.15. The van der Waals surface area contributed by atoms with Gasteiger partial charge in [-0.3, -0.25) is 4.79 Å². The number of rotatable bonds is 5. The Morgan fingerprint density at radius 2 is 2.00 bits per heavy atom. The van der Waals surface area contributed by atoms with Gasteiger partial charge in [-0.05, 0) is 24.3 Å². The first kappa shape index (κ1) is 15.9. The zero-order valence-corrected chi connectivity index (χ0v) is 13.7. The van der Waals surface area contributed by atoms with Crippen molar-refractivity contribution in [2.75, 3.05) is 37.6 Å². The van der Waals surface area contributed by atoms with Crippen LogP contribution in [-0.2, 0) is 11.3 Å². The minimum Gasteiger partial charge on any atom is -0.467 e. The zero-order valence-electron chi connectivity index (χ0n) is 12.9. The van der Waals surface area contributed by atoms with E-state index in [1.54, 1.807) is 6.26 Å². The number of para-hydroxylation sites is 1. The van der Waals surface area contributed by atoms with Crippen LogP contribution in [0.15, 0.2) is 47.1 Å². The number of hydrogen-bond donors (Lipinski definition) is 2. The molecule has 23 heavy (non-hydrogen) atoms. The Labute approximate surface area is 140 Å². The fourth-order valence-electron chi connectivity index (χ4n) is 2.84. The number of carbonyl (C=O) groups excluding carboxylic acids is 1. The number of halogens is 1. The summed E-state index contributed by atoms with van der Waals surface area (Å²) in [5.74, 6) is 0.833. The molecule has 1 aromatic heterocycles. The van der Waals surface area contributed by atoms with Crippen molar-refractivity contribution in [1.29, 1.82) is 0 Å². The molecular weight excluding hydrogens is 314 g/mol. The molecule has 122 valence electrons. The normalized spacial score (nSPS) is 15.6. The maximum Gasteiger partial charge on any atom is 0.275 e. The van der Waals surface area contributed by atoms with E-state index in [1.807, 2.05) is 36.4 Å². The van der Waals surface area contributed by atoms with Crippen LogP contribution < -0.4 is 15.1 Å². The predicted molar refractivity (Wildman–Crippen MR) is 89.8 cm³/mol. The Morgan fingerprint density at radius 3 is 2.70 bits per heavy atom. The van der Waals surface area contributed by atoms with Gasteiger partial charge >= 0.3 is 0 Å². The van der Waals surface area contributed by atoms with E-state index >= 15 is 0 Å². The molecule has 0 bridgehead atoms. The van der Waals surface area contributed by atoms with Gasteiger partial charge in [0.15, 0.2) is 6.54 Å². The third-order valence-corrected chi connectivity index (χ3v) is 4.43. The first-order chi connectivity index (χ1) is 11.2. The first-order valence-electron chi connectivity index (χ1n) is 7.84. The van der Waals surface area contributed by atoms with Crippen molar-refractivity contribution in [3.8, 4) is 0 Å². The Balaban J connectivity index is 1.44. The van der Waals surface area contributed by atoms with Gasteiger partial charge in [0.1, 0.15) is 5.76 Å². The average Bonchev–Trinajstić information content (AvgIpc) is 3.08. The van der Waals surface area contributed by atoms with Gasteiger partial charge in [-0.2, -0.15) is 0 Å². The van der Waals surface area contributed by atoms with Crippen LogP contribution in [0.25, 0.3) is 0 Å². The summed E-state index contributed by atoms with van der Waals surface area (Å²) in [5, 5.41) is 3.68. The van der Waals surface area contributed by atoms with Crippen molar-refractivity contribution in [1.82, 2.24) is 5.32 Å². The largest absolute Gasteiger partial charge is 0.467 e. The molecule has 0 saturated carbocycles. The van der Waals surface area contributed by atoms with Crippen LogP contribution in [0.3, 0.4) is 0 Å². The topological polar surface area (TPSA) is 49.9 Å². The van der Waals surface area contributed by atoms with Gasteiger partial charge in [-0.15, -0.1) is 0 Å². The van der Waals surface area contributed by atoms with Crippen LogP contribution in [0.1, 0.15) is 5.76 Å². The molecule has 2 heterocycles. The van der Waals surface area contributed by atoms with Gasteiger partial charge < -0.3 is 19.5 Å². The molecule has 0 radical (unpaired) electrons. The maximum atomic E-state index is 12.0. The van der Waals surface area contributed by atoms with Crippen LogP contribution in [0.4, 0.5) is 5.69 Å². The molecule has 0 aliphatic carbocycles. The van der Waals surface area contributed by atoms with Crippen LogP contribution in [0.2, 0.25) is 5.02 Å². The van der Waals surface area contributed by atoms with Crippen molar-refractivity contribution >= 4 is 23.2 Å². The fourth-order valence-corrected chi connectivity index (χ4v) is 3.09. The molecule has 5 nitrogen and oxygen atoms in total. The summed E-state index contributed by atoms with van der Waals surface area (Å²) >= 11 is 6.25. The number of benzene rings is 1. The zero-order chi connectivity index (χ0) is 16.1. The molecule has 1 amide bonds. The minimum absolute atomic E-state index is 0.0580. The Kier molecular flexibility index (Phi) is 5.20. The molecule has 1 saturated heterocycles. The molecule has 0 spiro atoms. The van der Waals surface area contributed by atoms with Crippen LogP contribution in [0.5, 0.6) is 0 Å². The summed E-state index contributed by atoms with van der Waals surface area (Å²) in [6, 6.07) is 11.6. The van der Waals surface area contributed by atoms with E-state index in [-0.39, 0.29) is 5.91 Å². The van der Waals surface area contributed by atoms with E-state index in [2.05, 4.69) is 10.2 Å². The van der Waals surface area contributed by atoms with Crippen molar-refractivity contribution in [3.63, 3.8) is 0 Å². The van der Waals surface area contributed by atoms with Gasteiger partial charge in [-0.1, -0.05) is 23.7 Å². The standard InChI is InChI=1S/C17H20ClN3O2/c18-15-5-1-2-6-16(15)21-9-7-20(8-10-21)13-17(22)19-12-14-4-3-11-23-14/h1-6,11H,7-10,12-13H2,(H,19,22)/p+1. The lowest BCUT2D eigenvalue weighted by atomic mass is 10.2. The van der Waals surface area contributed by atoms with Crippen LogP contribution in [0, 0.1) is 0 Å². The molecule has 1 aliphatic rings. The molecule has 1 aromatic carbocycles. The summed E-state index contributed by atoms with van der Waals surface area (Å²) in [7, 11) is 0. The van der Waals surface area contributed by atoms with Gasteiger partial charge in [0, 0.05) is 0 Å². The minimum atomic E-state index is 0.0580. The Hall–Kier alpha value is -1.98. The van der Waals surface area contributed by atoms with Crippen molar-refractivity contribution in [2.24, 2.45) is 0 Å². The maximum absolute atomic E-state index is 12.0. The second-order valence-corrected chi connectivity index (χ2v) is 6.13. The number of nitrogens with one attached hydrogen (secondary N) is 2. The average molecular weight is 335 g/mol. The van der Waals surface area contributed by atoms with Crippen molar-refractivity contribution < 1.29 is 14.1 Å². The highest BCUT2D eigenvalue weighted by Crippen LogP contribution is 2.24. The molecule has 2 N–H and O–H groups in total. The van der Waals surface area contributed by atoms with Crippen LogP contribution >= 0.6 is 11.6 Å². The highest BCUT2D eigenvalue weighted by atomic mass is 35.5. The number of quaternary nitrogens is 1. The molecule has 1 aliphatic heterocycles. The van der Waals surface area contributed by atoms with Gasteiger partial charge in [0.05, 0.1) is 49.7 Å². The molecule has 2 aromatic rings. The summed E-state index contributed by atoms with van der Waals surface area (Å²) in [6.45, 7) is 4.62. The highest BCUT2D eigenvalue weighted by molar-refractivity contribution is 6.33. The summed E-state index contributed by atoms with van der Waals surface area (Å²) in [4.78, 5) is 15.6. The first-order valence-corrected chi connectivity index (χ1v) is 8.22. The Morgan fingerprint density at radius 1 is 1.22 bits per heavy atom. The monoisotopic (exact) mass is 334 g/mol. The number of carbonyl (C=O) groups is 1. The number of nitrogens with zero attached hydrogens (tertiary/aromatic N) is 1. The third-order valence-electron chi connectivity index (χ3n) is 4.11. The lowest BCUT2D eigenvalue weighted by Gasteiger charge is -2.33. The summed E-state index contributed by atoms with van der Waals surface area (Å²) in [5.41, 5.74) is 1.08. The summed E-state index contributed by atoms with van der Waals surface area (Å²) in [6.07, 6.45) is 1.61. The lowest BCUT2D eigenvalue weighted by molar-refractivity contribution is -0.892. The Bertz CT molecular complexity index is 637. The van der Waals surface area contributed by atoms with E-state index in [0.717, 1.165) is 42.6 Å². The number of anilines is 1. The van der Waals surface area contributed by atoms with E-state index < -0.39 is 0 Å². The molecular formula is C17H21ClN3O2+. The van der Waals surface area contributed by atoms with Gasteiger partial charge in [0.2, 0.25) is 0 Å². The second kappa shape index (κ2) is 7.53. The van der Waals surface area contributed by atoms with E-state index in [1.165, 1.54) is 4.90 Å². The molecule has 3 rings (SSSR count).